The summed E-state index contributed by atoms with van der Waals surface area (Å²) in [5.41, 5.74) is 1.19. The van der Waals surface area contributed by atoms with Crippen molar-refractivity contribution in [2.24, 2.45) is 11.1 Å². The van der Waals surface area contributed by atoms with Gasteiger partial charge in [0.05, 0.1) is 0 Å². The van der Waals surface area contributed by atoms with Crippen LogP contribution in [0.5, 0.6) is 0 Å². The molecule has 3 unspecified atom stereocenters. The van der Waals surface area contributed by atoms with Crippen LogP contribution in [0.25, 0.3) is 0 Å². The highest BCUT2D eigenvalue weighted by molar-refractivity contribution is 6.35. The molecule has 0 spiro atoms. The van der Waals surface area contributed by atoms with Crippen molar-refractivity contribution >= 4 is 23.3 Å². The Labute approximate surface area is 115 Å². The minimum Gasteiger partial charge on any atom is -0.431 e. The minimum atomic E-state index is -0.703. The fraction of sp³-hybridized carbons (Fsp3) is 0.385. The molecule has 19 heavy (non-hydrogen) atoms. The van der Waals surface area contributed by atoms with Gasteiger partial charge in [-0.05, 0) is 13.0 Å². The van der Waals surface area contributed by atoms with Gasteiger partial charge in [-0.3, -0.25) is 4.79 Å². The molecule has 2 aliphatic heterocycles. The van der Waals surface area contributed by atoms with Crippen LogP contribution in [0.15, 0.2) is 29.4 Å². The molecule has 0 aromatic heterocycles. The summed E-state index contributed by atoms with van der Waals surface area (Å²) in [7, 11) is 0. The molecule has 0 bridgehead atoms. The second-order valence-electron chi connectivity index (χ2n) is 4.26. The van der Waals surface area contributed by atoms with E-state index in [4.69, 9.17) is 25.9 Å². The molecule has 3 atom stereocenters. The molecule has 1 aromatic rings. The van der Waals surface area contributed by atoms with Gasteiger partial charge in [0.25, 0.3) is 0 Å². The van der Waals surface area contributed by atoms with Gasteiger partial charge in [-0.25, -0.2) is 0 Å². The molecule has 5 nitrogen and oxygen atoms in total. The topological polar surface area (TPSA) is 57.1 Å². The van der Waals surface area contributed by atoms with E-state index in [0.717, 1.165) is 0 Å². The Bertz CT molecular complexity index is 545. The predicted octanol–water partition coefficient (Wildman–Crippen LogP) is 1.98. The van der Waals surface area contributed by atoms with Gasteiger partial charge in [0, 0.05) is 17.2 Å². The van der Waals surface area contributed by atoms with Crippen LogP contribution in [0.4, 0.5) is 0 Å². The Morgan fingerprint density at radius 3 is 2.95 bits per heavy atom. The van der Waals surface area contributed by atoms with E-state index in [1.54, 1.807) is 12.1 Å². The summed E-state index contributed by atoms with van der Waals surface area (Å²) < 4.78 is 10.5. The number of carbonyl (C=O) groups excluding carboxylic acids is 1. The van der Waals surface area contributed by atoms with Crippen LogP contribution < -0.4 is 0 Å². The Morgan fingerprint density at radius 2 is 2.21 bits per heavy atom. The Balaban J connectivity index is 1.91. The predicted molar refractivity (Wildman–Crippen MR) is 67.9 cm³/mol. The van der Waals surface area contributed by atoms with Crippen molar-refractivity contribution in [3.8, 4) is 0 Å². The first-order valence-corrected chi connectivity index (χ1v) is 6.41. The molecule has 0 N–H and O–H groups in total. The van der Waals surface area contributed by atoms with Crippen LogP contribution >= 0.6 is 11.6 Å². The number of hydrogen-bond acceptors (Lipinski definition) is 5. The molecule has 3 rings (SSSR count). The lowest BCUT2D eigenvalue weighted by atomic mass is 9.94. The first-order chi connectivity index (χ1) is 9.22. The first-order valence-electron chi connectivity index (χ1n) is 6.03. The molecular weight excluding hydrogens is 270 g/mol. The highest BCUT2D eigenvalue weighted by Gasteiger charge is 2.54. The number of nitrogens with zero attached hydrogens (tertiary/aromatic N) is 1. The SMILES string of the molecule is CCOC1OC(=O)C2C(c3ccccc3Cl)=NOC12. The van der Waals surface area contributed by atoms with Gasteiger partial charge in [0.1, 0.15) is 11.6 Å². The van der Waals surface area contributed by atoms with E-state index in [1.807, 2.05) is 19.1 Å². The lowest BCUT2D eigenvalue weighted by Crippen LogP contribution is -2.30. The van der Waals surface area contributed by atoms with E-state index >= 15 is 0 Å². The molecule has 1 fully saturated rings. The Morgan fingerprint density at radius 1 is 1.42 bits per heavy atom. The average molecular weight is 282 g/mol. The van der Waals surface area contributed by atoms with Gasteiger partial charge in [0.15, 0.2) is 0 Å². The third kappa shape index (κ3) is 1.99. The summed E-state index contributed by atoms with van der Waals surface area (Å²) in [4.78, 5) is 17.2. The number of rotatable bonds is 3. The summed E-state index contributed by atoms with van der Waals surface area (Å²) in [5, 5.41) is 4.51. The maximum absolute atomic E-state index is 11.9. The van der Waals surface area contributed by atoms with E-state index in [1.165, 1.54) is 0 Å². The monoisotopic (exact) mass is 281 g/mol. The Kier molecular flexibility index (Phi) is 3.16. The number of benzene rings is 1. The number of halogens is 1. The number of hydrogen-bond donors (Lipinski definition) is 0. The second kappa shape index (κ2) is 4.83. The number of fused-ring (bicyclic) bond motifs is 1. The van der Waals surface area contributed by atoms with Crippen molar-refractivity contribution in [2.75, 3.05) is 6.61 Å². The van der Waals surface area contributed by atoms with Crippen molar-refractivity contribution in [3.05, 3.63) is 34.9 Å². The highest BCUT2D eigenvalue weighted by Crippen LogP contribution is 2.35. The molecule has 0 saturated carbocycles. The zero-order valence-electron chi connectivity index (χ0n) is 10.2. The van der Waals surface area contributed by atoms with Crippen LogP contribution in [-0.4, -0.2) is 30.7 Å². The number of carbonyl (C=O) groups is 1. The highest BCUT2D eigenvalue weighted by atomic mass is 35.5. The maximum Gasteiger partial charge on any atom is 0.321 e. The maximum atomic E-state index is 11.9. The third-order valence-electron chi connectivity index (χ3n) is 3.13. The van der Waals surface area contributed by atoms with Gasteiger partial charge in [-0.15, -0.1) is 0 Å². The summed E-state index contributed by atoms with van der Waals surface area (Å²) in [6.07, 6.45) is -1.23. The van der Waals surface area contributed by atoms with Crippen molar-refractivity contribution in [2.45, 2.75) is 19.3 Å². The molecular formula is C13H12ClNO4. The fourth-order valence-electron chi connectivity index (χ4n) is 2.28. The molecule has 1 saturated heterocycles. The molecule has 0 aliphatic carbocycles. The summed E-state index contributed by atoms with van der Waals surface area (Å²) in [6, 6.07) is 7.19. The van der Waals surface area contributed by atoms with Gasteiger partial charge in [-0.2, -0.15) is 0 Å². The number of esters is 1. The standard InChI is InChI=1S/C13H12ClNO4/c1-2-17-13-11-9(12(16)18-13)10(15-19-11)7-5-3-4-6-8(7)14/h3-6,9,11,13H,2H2,1H3. The van der Waals surface area contributed by atoms with Crippen molar-refractivity contribution in [1.82, 2.24) is 0 Å². The summed E-state index contributed by atoms with van der Waals surface area (Å²) >= 11 is 6.12. The van der Waals surface area contributed by atoms with Crippen molar-refractivity contribution in [3.63, 3.8) is 0 Å². The normalized spacial score (nSPS) is 28.6. The van der Waals surface area contributed by atoms with E-state index in [2.05, 4.69) is 5.16 Å². The summed E-state index contributed by atoms with van der Waals surface area (Å²) in [6.45, 7) is 2.26. The van der Waals surface area contributed by atoms with Crippen molar-refractivity contribution < 1.29 is 19.1 Å². The molecule has 2 heterocycles. The molecule has 1 aromatic carbocycles. The molecule has 100 valence electrons. The third-order valence-corrected chi connectivity index (χ3v) is 3.46. The van der Waals surface area contributed by atoms with E-state index in [-0.39, 0.29) is 5.97 Å². The number of ether oxygens (including phenoxy) is 2. The smallest absolute Gasteiger partial charge is 0.321 e. The van der Waals surface area contributed by atoms with E-state index < -0.39 is 18.3 Å². The van der Waals surface area contributed by atoms with Crippen LogP contribution in [-0.2, 0) is 19.1 Å². The molecule has 0 amide bonds. The lowest BCUT2D eigenvalue weighted by molar-refractivity contribution is -0.177. The summed E-state index contributed by atoms with van der Waals surface area (Å²) in [5.74, 6) is -0.962. The zero-order chi connectivity index (χ0) is 13.4. The van der Waals surface area contributed by atoms with Crippen molar-refractivity contribution in [1.29, 1.82) is 0 Å². The fourth-order valence-corrected chi connectivity index (χ4v) is 2.51. The largest absolute Gasteiger partial charge is 0.431 e. The van der Waals surface area contributed by atoms with Crippen LogP contribution in [0, 0.1) is 5.92 Å². The second-order valence-corrected chi connectivity index (χ2v) is 4.67. The van der Waals surface area contributed by atoms with E-state index in [0.29, 0.717) is 22.9 Å². The number of cyclic esters (lactones) is 1. The molecule has 2 aliphatic rings. The first kappa shape index (κ1) is 12.4. The quantitative estimate of drug-likeness (QED) is 0.795. The zero-order valence-corrected chi connectivity index (χ0v) is 11.0. The van der Waals surface area contributed by atoms with Crippen LogP contribution in [0.2, 0.25) is 5.02 Å². The van der Waals surface area contributed by atoms with Crippen LogP contribution in [0.1, 0.15) is 12.5 Å². The van der Waals surface area contributed by atoms with Gasteiger partial charge in [-0.1, -0.05) is 35.0 Å². The average Bonchev–Trinajstić information content (AvgIpc) is 2.94. The number of oxime groups is 1. The van der Waals surface area contributed by atoms with Gasteiger partial charge >= 0.3 is 5.97 Å². The van der Waals surface area contributed by atoms with Crippen LogP contribution in [0.3, 0.4) is 0 Å². The minimum absolute atomic E-state index is 0.389. The van der Waals surface area contributed by atoms with E-state index in [9.17, 15) is 4.79 Å². The van der Waals surface area contributed by atoms with Gasteiger partial charge < -0.3 is 14.3 Å². The Hall–Kier alpha value is -1.59. The molecule has 0 radical (unpaired) electrons. The van der Waals surface area contributed by atoms with Gasteiger partial charge in [0.2, 0.25) is 12.4 Å². The lowest BCUT2D eigenvalue weighted by Gasteiger charge is -2.13. The molecule has 6 heteroatoms.